The molecule has 0 bridgehead atoms. The molecule has 0 spiro atoms. The number of carbonyl (C=O) groups is 2. The molecule has 2 heterocycles. The number of anilines is 1. The van der Waals surface area contributed by atoms with Crippen LogP contribution in [0.5, 0.6) is 5.75 Å². The van der Waals surface area contributed by atoms with Crippen molar-refractivity contribution in [2.45, 2.75) is 18.9 Å². The maximum absolute atomic E-state index is 13.4. The third kappa shape index (κ3) is 3.49. The normalized spacial score (nSPS) is 18.3. The minimum absolute atomic E-state index is 0.101. The van der Waals surface area contributed by atoms with Crippen LogP contribution in [0.1, 0.15) is 39.1 Å². The van der Waals surface area contributed by atoms with E-state index >= 15 is 0 Å². The number of benzene rings is 2. The predicted molar refractivity (Wildman–Crippen MR) is 112 cm³/mol. The Hall–Kier alpha value is -3.19. The van der Waals surface area contributed by atoms with Crippen LogP contribution in [0, 0.1) is 6.92 Å². The monoisotopic (exact) mass is 407 g/mol. The van der Waals surface area contributed by atoms with Crippen LogP contribution in [0.15, 0.2) is 53.9 Å². The number of hydrogen-bond donors (Lipinski definition) is 1. The van der Waals surface area contributed by atoms with Gasteiger partial charge in [-0.2, -0.15) is 0 Å². The molecular formula is C22H21N3O3S. The Bertz CT molecular complexity index is 1060. The SMILES string of the molecule is COc1ccc(C2C(C(=O)Nc3nc(C)cs3)c3ccccc3C(=O)N2C)cc1. The molecule has 0 saturated heterocycles. The van der Waals surface area contributed by atoms with E-state index in [1.165, 1.54) is 11.3 Å². The first-order valence-electron chi connectivity index (χ1n) is 9.22. The number of hydrogen-bond acceptors (Lipinski definition) is 5. The first-order valence-corrected chi connectivity index (χ1v) is 10.1. The van der Waals surface area contributed by atoms with Gasteiger partial charge in [-0.3, -0.25) is 9.59 Å². The summed E-state index contributed by atoms with van der Waals surface area (Å²) in [4.78, 5) is 32.4. The van der Waals surface area contributed by atoms with Crippen molar-refractivity contribution in [3.8, 4) is 5.75 Å². The second-order valence-electron chi connectivity index (χ2n) is 6.98. The summed E-state index contributed by atoms with van der Waals surface area (Å²) >= 11 is 1.39. The number of amides is 2. The fourth-order valence-corrected chi connectivity index (χ4v) is 4.46. The Morgan fingerprint density at radius 2 is 1.90 bits per heavy atom. The second kappa shape index (κ2) is 7.67. The first kappa shape index (κ1) is 19.1. The third-order valence-corrected chi connectivity index (χ3v) is 6.04. The summed E-state index contributed by atoms with van der Waals surface area (Å²) in [6, 6.07) is 14.3. The van der Waals surface area contributed by atoms with Gasteiger partial charge in [-0.05, 0) is 36.2 Å². The molecular weight excluding hydrogens is 386 g/mol. The predicted octanol–water partition coefficient (Wildman–Crippen LogP) is 4.01. The Morgan fingerprint density at radius 1 is 1.17 bits per heavy atom. The Balaban J connectivity index is 1.79. The Labute approximate surface area is 173 Å². The topological polar surface area (TPSA) is 71.5 Å². The summed E-state index contributed by atoms with van der Waals surface area (Å²) in [5.41, 5.74) is 3.00. The Morgan fingerprint density at radius 3 is 2.55 bits per heavy atom. The number of likely N-dealkylation sites (N-methyl/N-ethyl adjacent to an activating group) is 1. The lowest BCUT2D eigenvalue weighted by molar-refractivity contribution is -0.119. The van der Waals surface area contributed by atoms with Crippen molar-refractivity contribution in [2.24, 2.45) is 0 Å². The summed E-state index contributed by atoms with van der Waals surface area (Å²) in [5.74, 6) is -0.132. The smallest absolute Gasteiger partial charge is 0.254 e. The molecule has 1 N–H and O–H groups in total. The number of fused-ring (bicyclic) bond motifs is 1. The maximum Gasteiger partial charge on any atom is 0.254 e. The lowest BCUT2D eigenvalue weighted by Gasteiger charge is -2.39. The van der Waals surface area contributed by atoms with Gasteiger partial charge in [0.05, 0.1) is 24.8 Å². The number of ether oxygens (including phenoxy) is 1. The van der Waals surface area contributed by atoms with E-state index in [1.807, 2.05) is 54.8 Å². The molecule has 2 unspecified atom stereocenters. The average Bonchev–Trinajstić information content (AvgIpc) is 3.15. The van der Waals surface area contributed by atoms with Crippen LogP contribution in [0.25, 0.3) is 0 Å². The van der Waals surface area contributed by atoms with Crippen LogP contribution in [0.3, 0.4) is 0 Å². The van der Waals surface area contributed by atoms with Crippen LogP contribution in [0.4, 0.5) is 5.13 Å². The van der Waals surface area contributed by atoms with Crippen molar-refractivity contribution >= 4 is 28.3 Å². The minimum Gasteiger partial charge on any atom is -0.497 e. The van der Waals surface area contributed by atoms with E-state index in [4.69, 9.17) is 4.74 Å². The first-order chi connectivity index (χ1) is 14.0. The molecule has 1 aromatic heterocycles. The van der Waals surface area contributed by atoms with Gasteiger partial charge in [-0.1, -0.05) is 30.3 Å². The molecule has 2 atom stereocenters. The van der Waals surface area contributed by atoms with Crippen molar-refractivity contribution < 1.29 is 14.3 Å². The molecule has 7 heteroatoms. The largest absolute Gasteiger partial charge is 0.497 e. The highest BCUT2D eigenvalue weighted by Crippen LogP contribution is 2.42. The van der Waals surface area contributed by atoms with E-state index in [-0.39, 0.29) is 11.8 Å². The molecule has 0 aliphatic carbocycles. The van der Waals surface area contributed by atoms with Gasteiger partial charge in [0.25, 0.3) is 5.91 Å². The van der Waals surface area contributed by atoms with Gasteiger partial charge in [0, 0.05) is 18.0 Å². The van der Waals surface area contributed by atoms with Crippen LogP contribution >= 0.6 is 11.3 Å². The molecule has 1 aliphatic heterocycles. The molecule has 148 valence electrons. The van der Waals surface area contributed by atoms with Gasteiger partial charge in [0.15, 0.2) is 5.13 Å². The van der Waals surface area contributed by atoms with E-state index in [0.717, 1.165) is 22.6 Å². The van der Waals surface area contributed by atoms with Crippen molar-refractivity contribution in [3.05, 3.63) is 76.3 Å². The van der Waals surface area contributed by atoms with Gasteiger partial charge in [-0.25, -0.2) is 4.98 Å². The summed E-state index contributed by atoms with van der Waals surface area (Å²) in [6.07, 6.45) is 0. The number of carbonyl (C=O) groups excluding carboxylic acids is 2. The quantitative estimate of drug-likeness (QED) is 0.709. The van der Waals surface area contributed by atoms with Crippen LogP contribution < -0.4 is 10.1 Å². The number of thiazole rings is 1. The fraction of sp³-hybridized carbons (Fsp3) is 0.227. The Kier molecular flexibility index (Phi) is 5.07. The van der Waals surface area contributed by atoms with Crippen molar-refractivity contribution in [3.63, 3.8) is 0 Å². The number of methoxy groups -OCH3 is 1. The second-order valence-corrected chi connectivity index (χ2v) is 7.84. The lowest BCUT2D eigenvalue weighted by atomic mass is 9.79. The van der Waals surface area contributed by atoms with Gasteiger partial charge in [0.2, 0.25) is 5.91 Å². The van der Waals surface area contributed by atoms with E-state index in [1.54, 1.807) is 25.1 Å². The molecule has 6 nitrogen and oxygen atoms in total. The highest BCUT2D eigenvalue weighted by molar-refractivity contribution is 7.13. The molecule has 2 amide bonds. The summed E-state index contributed by atoms with van der Waals surface area (Å²) in [7, 11) is 3.34. The number of rotatable bonds is 4. The highest BCUT2D eigenvalue weighted by Gasteiger charge is 2.42. The maximum atomic E-state index is 13.4. The zero-order valence-corrected chi connectivity index (χ0v) is 17.2. The van der Waals surface area contributed by atoms with Crippen LogP contribution in [-0.4, -0.2) is 35.9 Å². The van der Waals surface area contributed by atoms with Gasteiger partial charge in [0.1, 0.15) is 5.75 Å². The summed E-state index contributed by atoms with van der Waals surface area (Å²) in [6.45, 7) is 1.88. The molecule has 0 saturated carbocycles. The zero-order chi connectivity index (χ0) is 20.5. The standard InChI is InChI=1S/C22H21N3O3S/c1-13-12-29-22(23-13)24-20(26)18-16-6-4-5-7-17(16)21(27)25(2)19(18)14-8-10-15(28-3)11-9-14/h4-12,18-19H,1-3H3,(H,23,24,26). The van der Waals surface area contributed by atoms with E-state index < -0.39 is 12.0 Å². The number of aromatic nitrogens is 1. The minimum atomic E-state index is -0.563. The summed E-state index contributed by atoms with van der Waals surface area (Å²) < 4.78 is 5.25. The van der Waals surface area contributed by atoms with Crippen molar-refractivity contribution in [1.29, 1.82) is 0 Å². The van der Waals surface area contributed by atoms with Gasteiger partial charge >= 0.3 is 0 Å². The third-order valence-electron chi connectivity index (χ3n) is 5.17. The number of nitrogens with one attached hydrogen (secondary N) is 1. The molecule has 4 rings (SSSR count). The van der Waals surface area contributed by atoms with E-state index in [0.29, 0.717) is 10.7 Å². The molecule has 1 aliphatic rings. The van der Waals surface area contributed by atoms with E-state index in [9.17, 15) is 9.59 Å². The number of nitrogens with zero attached hydrogens (tertiary/aromatic N) is 2. The van der Waals surface area contributed by atoms with E-state index in [2.05, 4.69) is 10.3 Å². The van der Waals surface area contributed by atoms with Crippen molar-refractivity contribution in [1.82, 2.24) is 9.88 Å². The number of aryl methyl sites for hydroxylation is 1. The fourth-order valence-electron chi connectivity index (χ4n) is 3.77. The average molecular weight is 407 g/mol. The molecule has 29 heavy (non-hydrogen) atoms. The van der Waals surface area contributed by atoms with Crippen LogP contribution in [-0.2, 0) is 4.79 Å². The zero-order valence-electron chi connectivity index (χ0n) is 16.4. The lowest BCUT2D eigenvalue weighted by Crippen LogP contribution is -2.44. The highest BCUT2D eigenvalue weighted by atomic mass is 32.1. The molecule has 2 aromatic carbocycles. The molecule has 0 fully saturated rings. The molecule has 0 radical (unpaired) electrons. The molecule has 3 aromatic rings. The van der Waals surface area contributed by atoms with Gasteiger partial charge < -0.3 is 15.0 Å². The van der Waals surface area contributed by atoms with Gasteiger partial charge in [-0.15, -0.1) is 11.3 Å². The van der Waals surface area contributed by atoms with Crippen molar-refractivity contribution in [2.75, 3.05) is 19.5 Å². The summed E-state index contributed by atoms with van der Waals surface area (Å²) in [5, 5.41) is 5.38. The van der Waals surface area contributed by atoms with Crippen LogP contribution in [0.2, 0.25) is 0 Å².